The van der Waals surface area contributed by atoms with Crippen molar-refractivity contribution < 1.29 is 19.0 Å². The second kappa shape index (κ2) is 10.6. The first-order valence-corrected chi connectivity index (χ1v) is 8.91. The SMILES string of the molecule is COc1ccc(C=NNC(=O)CCCOc2ccc(Cl)cc2Cl)c(OC)c1. The smallest absolute Gasteiger partial charge is 0.240 e. The van der Waals surface area contributed by atoms with E-state index >= 15 is 0 Å². The highest BCUT2D eigenvalue weighted by molar-refractivity contribution is 6.35. The van der Waals surface area contributed by atoms with E-state index in [1.54, 1.807) is 50.6 Å². The average Bonchev–Trinajstić information content (AvgIpc) is 2.66. The molecule has 1 amide bonds. The number of nitrogens with one attached hydrogen (secondary N) is 1. The summed E-state index contributed by atoms with van der Waals surface area (Å²) in [7, 11) is 3.13. The third-order valence-electron chi connectivity index (χ3n) is 3.53. The molecule has 2 aromatic rings. The number of hydrogen-bond donors (Lipinski definition) is 1. The molecular weight excluding hydrogens is 391 g/mol. The van der Waals surface area contributed by atoms with Crippen LogP contribution in [0.2, 0.25) is 10.0 Å². The van der Waals surface area contributed by atoms with Gasteiger partial charge in [-0.2, -0.15) is 5.10 Å². The summed E-state index contributed by atoms with van der Waals surface area (Å²) in [6.07, 6.45) is 2.30. The van der Waals surface area contributed by atoms with Gasteiger partial charge in [-0.25, -0.2) is 5.43 Å². The number of carbonyl (C=O) groups is 1. The molecule has 0 aliphatic carbocycles. The minimum Gasteiger partial charge on any atom is -0.497 e. The highest BCUT2D eigenvalue weighted by Crippen LogP contribution is 2.27. The molecule has 1 N–H and O–H groups in total. The first-order valence-electron chi connectivity index (χ1n) is 8.15. The van der Waals surface area contributed by atoms with Crippen LogP contribution in [0, 0.1) is 0 Å². The van der Waals surface area contributed by atoms with E-state index in [4.69, 9.17) is 37.4 Å². The minimum atomic E-state index is -0.218. The van der Waals surface area contributed by atoms with E-state index in [1.165, 1.54) is 6.21 Å². The second-order valence-corrected chi connectivity index (χ2v) is 6.27. The summed E-state index contributed by atoms with van der Waals surface area (Å²) in [5.74, 6) is 1.59. The van der Waals surface area contributed by atoms with E-state index in [2.05, 4.69) is 10.5 Å². The number of rotatable bonds is 9. The summed E-state index contributed by atoms with van der Waals surface area (Å²) in [6.45, 7) is 0.352. The molecule has 0 saturated carbocycles. The number of benzene rings is 2. The predicted molar refractivity (Wildman–Crippen MR) is 106 cm³/mol. The molecule has 2 rings (SSSR count). The summed E-state index contributed by atoms with van der Waals surface area (Å²) in [5, 5.41) is 4.92. The Kier molecular flexibility index (Phi) is 8.23. The first-order chi connectivity index (χ1) is 13.0. The molecule has 0 radical (unpaired) electrons. The zero-order valence-corrected chi connectivity index (χ0v) is 16.5. The molecule has 0 atom stereocenters. The lowest BCUT2D eigenvalue weighted by molar-refractivity contribution is -0.121. The lowest BCUT2D eigenvalue weighted by Gasteiger charge is -2.08. The Labute approximate surface area is 168 Å². The Morgan fingerprint density at radius 2 is 1.93 bits per heavy atom. The molecule has 6 nitrogen and oxygen atoms in total. The quantitative estimate of drug-likeness (QED) is 0.379. The molecule has 144 valence electrons. The second-order valence-electron chi connectivity index (χ2n) is 5.43. The number of ether oxygens (including phenoxy) is 3. The van der Waals surface area contributed by atoms with E-state index in [9.17, 15) is 4.79 Å². The van der Waals surface area contributed by atoms with Gasteiger partial charge in [-0.1, -0.05) is 23.2 Å². The third kappa shape index (κ3) is 6.66. The molecule has 2 aromatic carbocycles. The van der Waals surface area contributed by atoms with Gasteiger partial charge in [0.15, 0.2) is 0 Å². The maximum atomic E-state index is 11.8. The van der Waals surface area contributed by atoms with Crippen LogP contribution in [0.25, 0.3) is 0 Å². The molecule has 0 aromatic heterocycles. The van der Waals surface area contributed by atoms with Gasteiger partial charge in [0, 0.05) is 23.1 Å². The molecule has 0 saturated heterocycles. The zero-order chi connectivity index (χ0) is 19.6. The molecule has 27 heavy (non-hydrogen) atoms. The summed E-state index contributed by atoms with van der Waals surface area (Å²) in [6, 6.07) is 10.3. The van der Waals surface area contributed by atoms with Crippen molar-refractivity contribution >= 4 is 35.3 Å². The third-order valence-corrected chi connectivity index (χ3v) is 4.06. The zero-order valence-electron chi connectivity index (χ0n) is 15.0. The van der Waals surface area contributed by atoms with E-state index in [0.717, 1.165) is 5.56 Å². The summed E-state index contributed by atoms with van der Waals surface area (Å²) < 4.78 is 15.9. The van der Waals surface area contributed by atoms with Crippen LogP contribution in [0.15, 0.2) is 41.5 Å². The van der Waals surface area contributed by atoms with Crippen molar-refractivity contribution in [2.24, 2.45) is 5.10 Å². The van der Waals surface area contributed by atoms with Crippen molar-refractivity contribution in [1.29, 1.82) is 0 Å². The fourth-order valence-electron chi connectivity index (χ4n) is 2.16. The van der Waals surface area contributed by atoms with Crippen molar-refractivity contribution in [1.82, 2.24) is 5.43 Å². The van der Waals surface area contributed by atoms with Gasteiger partial charge < -0.3 is 14.2 Å². The number of nitrogens with zero attached hydrogens (tertiary/aromatic N) is 1. The molecule has 0 aliphatic heterocycles. The van der Waals surface area contributed by atoms with Gasteiger partial charge >= 0.3 is 0 Å². The van der Waals surface area contributed by atoms with Gasteiger partial charge in [0.1, 0.15) is 17.2 Å². The highest BCUT2D eigenvalue weighted by Gasteiger charge is 2.05. The van der Waals surface area contributed by atoms with Crippen LogP contribution < -0.4 is 19.6 Å². The fraction of sp³-hybridized carbons (Fsp3) is 0.263. The van der Waals surface area contributed by atoms with E-state index in [1.807, 2.05) is 0 Å². The first kappa shape index (κ1) is 20.9. The maximum Gasteiger partial charge on any atom is 0.240 e. The topological polar surface area (TPSA) is 69.2 Å². The van der Waals surface area contributed by atoms with Crippen molar-refractivity contribution in [3.8, 4) is 17.2 Å². The van der Waals surface area contributed by atoms with Crippen LogP contribution in [0.4, 0.5) is 0 Å². The average molecular weight is 411 g/mol. The van der Waals surface area contributed by atoms with Gasteiger partial charge in [-0.3, -0.25) is 4.79 Å². The van der Waals surface area contributed by atoms with Gasteiger partial charge in [-0.15, -0.1) is 0 Å². The van der Waals surface area contributed by atoms with Crippen molar-refractivity contribution in [2.45, 2.75) is 12.8 Å². The van der Waals surface area contributed by atoms with Crippen molar-refractivity contribution in [2.75, 3.05) is 20.8 Å². The summed E-state index contributed by atoms with van der Waals surface area (Å²) in [5.41, 5.74) is 3.19. The summed E-state index contributed by atoms with van der Waals surface area (Å²) >= 11 is 11.8. The van der Waals surface area contributed by atoms with Crippen LogP contribution in [-0.4, -0.2) is 32.9 Å². The molecular formula is C19H20Cl2N2O4. The molecule has 0 spiro atoms. The lowest BCUT2D eigenvalue weighted by atomic mass is 10.2. The lowest BCUT2D eigenvalue weighted by Crippen LogP contribution is -2.18. The van der Waals surface area contributed by atoms with Crippen LogP contribution in [0.3, 0.4) is 0 Å². The Morgan fingerprint density at radius 1 is 1.11 bits per heavy atom. The van der Waals surface area contributed by atoms with Gasteiger partial charge in [0.05, 0.1) is 32.1 Å². The molecule has 0 fully saturated rings. The monoisotopic (exact) mass is 410 g/mol. The number of halogens is 2. The van der Waals surface area contributed by atoms with Crippen molar-refractivity contribution in [3.05, 3.63) is 52.0 Å². The maximum absolute atomic E-state index is 11.8. The normalized spacial score (nSPS) is 10.7. The van der Waals surface area contributed by atoms with Gasteiger partial charge in [-0.05, 0) is 36.8 Å². The van der Waals surface area contributed by atoms with Crippen LogP contribution >= 0.6 is 23.2 Å². The number of methoxy groups -OCH3 is 2. The predicted octanol–water partition coefficient (Wildman–Crippen LogP) is 4.32. The van der Waals surface area contributed by atoms with Crippen LogP contribution in [0.5, 0.6) is 17.2 Å². The molecule has 8 heteroatoms. The standard InChI is InChI=1S/C19H20Cl2N2O4/c1-25-15-7-5-13(18(11-15)26-2)12-22-23-19(24)4-3-9-27-17-8-6-14(20)10-16(17)21/h5-8,10-12H,3-4,9H2,1-2H3,(H,23,24). The van der Waals surface area contributed by atoms with Gasteiger partial charge in [0.25, 0.3) is 0 Å². The molecule has 0 bridgehead atoms. The molecule has 0 unspecified atom stereocenters. The van der Waals surface area contributed by atoms with E-state index < -0.39 is 0 Å². The number of hydrogen-bond acceptors (Lipinski definition) is 5. The molecule has 0 aliphatic rings. The van der Waals surface area contributed by atoms with E-state index in [-0.39, 0.29) is 12.3 Å². The Balaban J connectivity index is 1.75. The summed E-state index contributed by atoms with van der Waals surface area (Å²) in [4.78, 5) is 11.8. The van der Waals surface area contributed by atoms with Crippen molar-refractivity contribution in [3.63, 3.8) is 0 Å². The number of carbonyl (C=O) groups excluding carboxylic acids is 1. The Bertz CT molecular complexity index is 812. The van der Waals surface area contributed by atoms with Crippen LogP contribution in [0.1, 0.15) is 18.4 Å². The van der Waals surface area contributed by atoms with Gasteiger partial charge in [0.2, 0.25) is 5.91 Å². The largest absolute Gasteiger partial charge is 0.497 e. The van der Waals surface area contributed by atoms with E-state index in [0.29, 0.717) is 40.3 Å². The Morgan fingerprint density at radius 3 is 2.63 bits per heavy atom. The molecule has 0 heterocycles. The fourth-order valence-corrected chi connectivity index (χ4v) is 2.62. The minimum absolute atomic E-state index is 0.218. The highest BCUT2D eigenvalue weighted by atomic mass is 35.5. The Hall–Kier alpha value is -2.44. The van der Waals surface area contributed by atoms with Crippen LogP contribution in [-0.2, 0) is 4.79 Å². The number of hydrazone groups is 1. The number of amides is 1.